The van der Waals surface area contributed by atoms with E-state index in [1.165, 1.54) is 32.2 Å². The van der Waals surface area contributed by atoms with Crippen LogP contribution in [-0.2, 0) is 112 Å². The van der Waals surface area contributed by atoms with Crippen LogP contribution in [0.1, 0.15) is 25.0 Å². The van der Waals surface area contributed by atoms with Crippen molar-refractivity contribution in [3.8, 4) is 56.3 Å². The Morgan fingerprint density at radius 1 is 0.424 bits per heavy atom. The van der Waals surface area contributed by atoms with E-state index < -0.39 is 46.5 Å². The van der Waals surface area contributed by atoms with Crippen LogP contribution in [0, 0.1) is 83.8 Å². The van der Waals surface area contributed by atoms with Gasteiger partial charge in [-0.05, 0) is 109 Å². The topological polar surface area (TPSA) is 128 Å². The Balaban J connectivity index is 0.000000415. The SMILES string of the molecule is CC(=O)C=C(C)O.CN(C)c1ccnc(-c2[c-]cc(F)cc2F)c1.Cc1ccnc(-c2[c-]cc(F)cc2F)c1.Fc1c[c-]c(-c2cc(N(c3ccccc3)c3ccccc3)ccn2)c(F)c1.OCc1ccnc(-c2[c-]cc(F)cc2F)c1.[Ir].[Ir].[Ir].[Ir].[Ir].[c-]1ccccc1-c1ccccn1. The quantitative estimate of drug-likeness (QED) is 0.0559. The summed E-state index contributed by atoms with van der Waals surface area (Å²) in [6.45, 7) is 4.58. The molecule has 0 bridgehead atoms. The van der Waals surface area contributed by atoms with Gasteiger partial charge in [-0.15, -0.1) is 84.4 Å². The molecule has 0 unspecified atom stereocenters. The average Bonchev–Trinajstić information content (AvgIpc) is 0.806. The van der Waals surface area contributed by atoms with Crippen molar-refractivity contribution in [2.24, 2.45) is 0 Å². The predicted octanol–water partition coefficient (Wildman–Crippen LogP) is 18.2. The van der Waals surface area contributed by atoms with E-state index in [9.17, 15) is 39.9 Å². The van der Waals surface area contributed by atoms with E-state index in [0.29, 0.717) is 28.3 Å². The van der Waals surface area contributed by atoms with E-state index in [0.717, 1.165) is 88.1 Å². The van der Waals surface area contributed by atoms with E-state index >= 15 is 0 Å². The Labute approximate surface area is 637 Å². The predicted molar refractivity (Wildman–Crippen MR) is 349 cm³/mol. The Bertz CT molecular complexity index is 4370. The molecule has 0 fully saturated rings. The third kappa shape index (κ3) is 27.8. The van der Waals surface area contributed by atoms with Crippen molar-refractivity contribution in [2.75, 3.05) is 23.9 Å². The first kappa shape index (κ1) is 86.8. The maximum absolute atomic E-state index is 14.2. The van der Waals surface area contributed by atoms with Crippen molar-refractivity contribution in [2.45, 2.75) is 27.4 Å². The van der Waals surface area contributed by atoms with Gasteiger partial charge in [-0.25, -0.2) is 0 Å². The van der Waals surface area contributed by atoms with Crippen LogP contribution in [0.5, 0.6) is 0 Å². The number of pyridine rings is 5. The van der Waals surface area contributed by atoms with Crippen molar-refractivity contribution < 1.29 is 151 Å². The molecular formula is C76H58F8Ir5N7O3-5. The molecule has 0 saturated carbocycles. The number of anilines is 4. The molecule has 0 spiro atoms. The van der Waals surface area contributed by atoms with Gasteiger partial charge >= 0.3 is 0 Å². The van der Waals surface area contributed by atoms with Crippen LogP contribution in [-0.4, -0.2) is 55.0 Å². The van der Waals surface area contributed by atoms with Gasteiger partial charge < -0.3 is 44.9 Å². The number of aryl methyl sites for hydroxylation is 1. The molecule has 12 rings (SSSR count). The normalized spacial score (nSPS) is 9.90. The van der Waals surface area contributed by atoms with Gasteiger partial charge in [0.05, 0.1) is 12.4 Å². The smallest absolute Gasteiger partial charge is 0.155 e. The molecule has 0 atom stereocenters. The fourth-order valence-electron chi connectivity index (χ4n) is 8.45. The summed E-state index contributed by atoms with van der Waals surface area (Å²) in [5, 5.41) is 17.3. The van der Waals surface area contributed by atoms with Crippen LogP contribution in [0.15, 0.2) is 243 Å². The third-order valence-corrected chi connectivity index (χ3v) is 12.7. The van der Waals surface area contributed by atoms with E-state index in [-0.39, 0.29) is 141 Å². The molecule has 99 heavy (non-hydrogen) atoms. The Hall–Kier alpha value is -8.25. The van der Waals surface area contributed by atoms with Crippen LogP contribution in [0.4, 0.5) is 57.9 Å². The number of para-hydroxylation sites is 2. The van der Waals surface area contributed by atoms with E-state index in [1.807, 2.05) is 152 Å². The average molecular weight is 2230 g/mol. The molecule has 521 valence electrons. The zero-order valence-electron chi connectivity index (χ0n) is 52.8. The molecule has 23 heteroatoms. The molecule has 0 aliphatic carbocycles. The van der Waals surface area contributed by atoms with Crippen molar-refractivity contribution in [3.63, 3.8) is 0 Å². The number of aliphatic hydroxyl groups excluding tert-OH is 2. The van der Waals surface area contributed by atoms with Gasteiger partial charge in [0, 0.05) is 221 Å². The molecule has 10 nitrogen and oxygen atoms in total. The minimum absolute atomic E-state index is 0. The minimum atomic E-state index is -0.720. The number of hydrogen-bond donors (Lipinski definition) is 2. The van der Waals surface area contributed by atoms with Crippen molar-refractivity contribution in [1.29, 1.82) is 0 Å². The largest absolute Gasteiger partial charge is 0.512 e. The fourth-order valence-corrected chi connectivity index (χ4v) is 8.45. The second kappa shape index (κ2) is 44.7. The van der Waals surface area contributed by atoms with Gasteiger partial charge in [0.2, 0.25) is 0 Å². The molecule has 2 N–H and O–H groups in total. The number of rotatable bonds is 11. The number of carbonyl (C=O) groups is 1. The van der Waals surface area contributed by atoms with Gasteiger partial charge in [-0.2, -0.15) is 0 Å². The summed E-state index contributed by atoms with van der Waals surface area (Å²) in [5.74, 6) is -5.40. The summed E-state index contributed by atoms with van der Waals surface area (Å²) in [6, 6.07) is 68.2. The number of halogens is 8. The van der Waals surface area contributed by atoms with Crippen LogP contribution >= 0.6 is 0 Å². The first-order valence-corrected chi connectivity index (χ1v) is 28.5. The van der Waals surface area contributed by atoms with Crippen molar-refractivity contribution >= 4 is 28.5 Å². The fraction of sp³-hybridized carbons (Fsp3) is 0.0789. The second-order valence-corrected chi connectivity index (χ2v) is 20.2. The maximum Gasteiger partial charge on any atom is 0.155 e. The summed E-state index contributed by atoms with van der Waals surface area (Å²) in [6.07, 6.45) is 9.19. The molecule has 0 aliphatic rings. The van der Waals surface area contributed by atoms with E-state index in [4.69, 9.17) is 10.2 Å². The number of carbonyl (C=O) groups excluding carboxylic acids is 1. The van der Waals surface area contributed by atoms with Gasteiger partial charge in [-0.1, -0.05) is 125 Å². The van der Waals surface area contributed by atoms with Crippen molar-refractivity contribution in [1.82, 2.24) is 24.9 Å². The molecule has 5 aromatic heterocycles. The van der Waals surface area contributed by atoms with Crippen LogP contribution in [0.25, 0.3) is 56.3 Å². The summed E-state index contributed by atoms with van der Waals surface area (Å²) >= 11 is 0. The van der Waals surface area contributed by atoms with Crippen LogP contribution < -0.4 is 9.80 Å². The van der Waals surface area contributed by atoms with Crippen LogP contribution in [0.2, 0.25) is 0 Å². The first-order valence-electron chi connectivity index (χ1n) is 28.5. The molecule has 0 aliphatic heterocycles. The standard InChI is InChI=1S/C23H15F2N2.C13H11F2N2.C12H8F2NO.C12H8F2N.C11H8N.C5H8O2.5Ir/c24-17-11-12-21(22(25)15-17)23-16-20(13-14-26-23)27(18-7-3-1-4-8-18)19-9-5-2-6-10-19;1-17(2)10-5-6-16-13(8-10)11-4-3-9(14)7-12(11)15;13-9-1-2-10(11(14)6-9)12-5-8(7-16)3-4-15-12;1-8-4-5-15-12(6-8)10-3-2-9(13)7-11(10)14;1-2-6-10(7-3-1)11-8-4-5-9-12-11;1-4(6)3-5(2)7;;;;;/h1-11,13-16H;3,5-8H,1-2H3;1,3-6,16H,7H2;2,4-7H,1H3;1-6,8-9H;3,6H,1-2H3;;;;;/q5*-1;;;;;;. The number of nitrogens with zero attached hydrogens (tertiary/aromatic N) is 7. The zero-order chi connectivity index (χ0) is 67.5. The summed E-state index contributed by atoms with van der Waals surface area (Å²) in [7, 11) is 3.76. The number of benzene rings is 7. The number of aromatic nitrogens is 5. The first-order chi connectivity index (χ1) is 45.3. The van der Waals surface area contributed by atoms with Gasteiger partial charge in [0.15, 0.2) is 5.78 Å². The summed E-state index contributed by atoms with van der Waals surface area (Å²) < 4.78 is 106. The molecule has 5 radical (unpaired) electrons. The Morgan fingerprint density at radius 2 is 0.808 bits per heavy atom. The van der Waals surface area contributed by atoms with Crippen LogP contribution in [0.3, 0.4) is 0 Å². The number of hydrogen-bond acceptors (Lipinski definition) is 10. The van der Waals surface area contributed by atoms with Gasteiger partial charge in [0.1, 0.15) is 0 Å². The molecule has 12 aromatic rings. The summed E-state index contributed by atoms with van der Waals surface area (Å²) in [4.78, 5) is 34.4. The third-order valence-electron chi connectivity index (χ3n) is 12.7. The minimum Gasteiger partial charge on any atom is -0.512 e. The van der Waals surface area contributed by atoms with E-state index in [1.54, 1.807) is 49.1 Å². The molecular weight excluding hydrogens is 2170 g/mol. The molecule has 7 aromatic carbocycles. The number of aliphatic hydroxyl groups is 2. The van der Waals surface area contributed by atoms with Crippen molar-refractivity contribution in [3.05, 3.63) is 331 Å². The molecule has 0 amide bonds. The number of allylic oxidation sites excluding steroid dienone is 2. The van der Waals surface area contributed by atoms with Gasteiger partial charge in [0.25, 0.3) is 0 Å². The Kier molecular flexibility index (Phi) is 39.2. The zero-order valence-corrected chi connectivity index (χ0v) is 64.8. The second-order valence-electron chi connectivity index (χ2n) is 20.2. The Morgan fingerprint density at radius 3 is 1.17 bits per heavy atom. The van der Waals surface area contributed by atoms with E-state index in [2.05, 4.69) is 55.3 Å². The molecule has 0 saturated heterocycles. The number of ketones is 1. The monoisotopic (exact) mass is 2230 g/mol. The molecule has 5 heterocycles. The van der Waals surface area contributed by atoms with Gasteiger partial charge in [-0.3, -0.25) is 39.9 Å². The maximum atomic E-state index is 14.2. The summed E-state index contributed by atoms with van der Waals surface area (Å²) in [5.41, 5.74) is 9.45.